The maximum atomic E-state index is 13.7. The van der Waals surface area contributed by atoms with Crippen molar-refractivity contribution in [2.75, 3.05) is 42.4 Å². The quantitative estimate of drug-likeness (QED) is 0.0685. The molecule has 0 saturated carbocycles. The molecule has 6 N–H and O–H groups in total. The van der Waals surface area contributed by atoms with Crippen LogP contribution < -0.4 is 32.8 Å². The molecule has 3 aliphatic heterocycles. The van der Waals surface area contributed by atoms with E-state index >= 15 is 0 Å². The van der Waals surface area contributed by atoms with Gasteiger partial charge in [-0.15, -0.1) is 0 Å². The van der Waals surface area contributed by atoms with Gasteiger partial charge in [0.25, 0.3) is 11.1 Å². The Morgan fingerprint density at radius 1 is 0.961 bits per heavy atom. The molecule has 3 aliphatic rings. The van der Waals surface area contributed by atoms with E-state index in [4.69, 9.17) is 37.8 Å². The molecule has 2 aromatic heterocycles. The first-order valence-corrected chi connectivity index (χ1v) is 23.5. The van der Waals surface area contributed by atoms with Gasteiger partial charge < -0.3 is 34.8 Å². The number of H-pyrrole nitrogens is 2. The smallest absolute Gasteiger partial charge is 0.369 e. The van der Waals surface area contributed by atoms with Crippen molar-refractivity contribution in [1.29, 1.82) is 0 Å². The summed E-state index contributed by atoms with van der Waals surface area (Å²) in [4.78, 5) is 56.8. The van der Waals surface area contributed by atoms with E-state index < -0.39 is 87.3 Å². The number of rotatable bonds is 16. The third kappa shape index (κ3) is 10.5. The zero-order valence-electron chi connectivity index (χ0n) is 27.1. The van der Waals surface area contributed by atoms with E-state index in [-0.39, 0.29) is 49.1 Å². The summed E-state index contributed by atoms with van der Waals surface area (Å²) in [6.45, 7) is -10.1. The van der Waals surface area contributed by atoms with Crippen LogP contribution >= 0.6 is 57.1 Å². The first-order chi connectivity index (χ1) is 23.8. The van der Waals surface area contributed by atoms with Gasteiger partial charge in [-0.05, 0) is 13.3 Å². The summed E-state index contributed by atoms with van der Waals surface area (Å²) in [5.41, 5.74) is 4.20. The maximum absolute atomic E-state index is 13.7. The van der Waals surface area contributed by atoms with E-state index in [0.717, 1.165) is 11.0 Å². The van der Waals surface area contributed by atoms with E-state index in [9.17, 15) is 33.0 Å². The predicted molar refractivity (Wildman–Crippen MR) is 193 cm³/mol. The molecule has 286 valence electrons. The number of anilines is 3. The number of thiol groups is 3. The molecule has 2 aromatic rings. The monoisotopic (exact) mass is 837 g/mol. The largest absolute Gasteiger partial charge is 0.386 e. The van der Waals surface area contributed by atoms with Crippen LogP contribution in [-0.2, 0) is 45.8 Å². The Bertz CT molecular complexity index is 1910. The van der Waals surface area contributed by atoms with Gasteiger partial charge in [0.15, 0.2) is 5.82 Å². The Kier molecular flexibility index (Phi) is 13.0. The fourth-order valence-electron chi connectivity index (χ4n) is 5.47. The van der Waals surface area contributed by atoms with Crippen LogP contribution in [0.4, 0.5) is 17.5 Å². The van der Waals surface area contributed by atoms with E-state index in [2.05, 4.69) is 57.0 Å². The van der Waals surface area contributed by atoms with Gasteiger partial charge in [0, 0.05) is 24.6 Å². The molecule has 3 unspecified atom stereocenters. The number of aryl methyl sites for hydroxylation is 1. The lowest BCUT2D eigenvalue weighted by Crippen LogP contribution is -2.36. The molecule has 2 fully saturated rings. The fourth-order valence-corrected chi connectivity index (χ4v) is 9.13. The van der Waals surface area contributed by atoms with Crippen molar-refractivity contribution in [3.8, 4) is 0 Å². The van der Waals surface area contributed by atoms with E-state index in [1.54, 1.807) is 4.90 Å². The van der Waals surface area contributed by atoms with Crippen molar-refractivity contribution in [2.45, 2.75) is 76.4 Å². The molecule has 5 heterocycles. The minimum atomic E-state index is -4.34. The van der Waals surface area contributed by atoms with Crippen LogP contribution in [0, 0.1) is 6.92 Å². The van der Waals surface area contributed by atoms with Gasteiger partial charge in [-0.25, -0.2) is 18.5 Å². The second kappa shape index (κ2) is 16.4. The Morgan fingerprint density at radius 3 is 2.22 bits per heavy atom. The number of aromatic nitrogens is 4. The number of aromatic amines is 2. The normalized spacial score (nSPS) is 28.2. The molecule has 5 rings (SSSR count). The second-order valence-electron chi connectivity index (χ2n) is 11.7. The minimum Gasteiger partial charge on any atom is -0.369 e. The van der Waals surface area contributed by atoms with Crippen molar-refractivity contribution in [3.05, 3.63) is 43.0 Å². The highest BCUT2D eigenvalue weighted by molar-refractivity contribution is 8.45. The van der Waals surface area contributed by atoms with Gasteiger partial charge in [-0.1, -0.05) is 50.1 Å². The molecule has 0 aliphatic carbocycles. The number of nitrogens with two attached hydrogens (primary N) is 1. The lowest BCUT2D eigenvalue weighted by Gasteiger charge is -2.25. The van der Waals surface area contributed by atoms with Crippen molar-refractivity contribution >= 4 is 74.6 Å². The molecule has 0 spiro atoms. The molecule has 21 nitrogen and oxygen atoms in total. The Morgan fingerprint density at radius 2 is 1.57 bits per heavy atom. The molecular formula is C24H38N7O14P3S3. The number of ether oxygens (including phenoxy) is 2. The Labute approximate surface area is 305 Å². The van der Waals surface area contributed by atoms with Crippen LogP contribution in [-0.4, -0.2) is 81.5 Å². The maximum Gasteiger partial charge on any atom is 0.386 e. The van der Waals surface area contributed by atoms with Crippen LogP contribution in [0.25, 0.3) is 0 Å². The Hall–Kier alpha value is -1.62. The first kappa shape index (κ1) is 40.6. The van der Waals surface area contributed by atoms with Crippen molar-refractivity contribution < 1.29 is 50.7 Å². The van der Waals surface area contributed by atoms with Gasteiger partial charge >= 0.3 is 26.1 Å². The number of fused-ring (bicyclic) bond motifs is 1. The zero-order valence-corrected chi connectivity index (χ0v) is 32.4. The van der Waals surface area contributed by atoms with Gasteiger partial charge in [0.05, 0.1) is 26.5 Å². The number of hydrogen-bond acceptors (Lipinski definition) is 17. The second-order valence-corrected chi connectivity index (χ2v) is 20.2. The summed E-state index contributed by atoms with van der Waals surface area (Å²) in [5, 5.41) is 2.89. The molecule has 0 bridgehead atoms. The van der Waals surface area contributed by atoms with E-state index in [1.807, 2.05) is 6.92 Å². The van der Waals surface area contributed by atoms with Gasteiger partial charge in [0.1, 0.15) is 42.6 Å². The lowest BCUT2D eigenvalue weighted by molar-refractivity contribution is -0.0431. The highest BCUT2D eigenvalue weighted by Crippen LogP contribution is 2.59. The van der Waals surface area contributed by atoms with Gasteiger partial charge in [-0.3, -0.25) is 42.2 Å². The van der Waals surface area contributed by atoms with Crippen molar-refractivity contribution in [3.63, 3.8) is 0 Å². The van der Waals surface area contributed by atoms with Crippen LogP contribution in [0.3, 0.4) is 0 Å². The van der Waals surface area contributed by atoms with E-state index in [0.29, 0.717) is 6.42 Å². The molecule has 51 heavy (non-hydrogen) atoms. The topological polar surface area (TPSA) is 278 Å². The number of unbranched alkanes of at least 4 members (excludes halogenated alkanes) is 1. The predicted octanol–water partition coefficient (Wildman–Crippen LogP) is 2.53. The molecule has 27 heteroatoms. The SMILES string of the molecule is CCCCOP(=O)(S)O[C@@H]1C[C@H](n2cc(C)c(=O)[nH]c2=O)O[C@@H]1COP(=O)(S)O[C@@H]1C[C@H](N2CNc3c2nc(N)[nH]c3=O)O[C@@H]1COP(=O)(O)S. The average molecular weight is 838 g/mol. The van der Waals surface area contributed by atoms with Crippen LogP contribution in [0.15, 0.2) is 20.6 Å². The minimum absolute atomic E-state index is 0.0418. The summed E-state index contributed by atoms with van der Waals surface area (Å²) >= 11 is 11.7. The highest BCUT2D eigenvalue weighted by Gasteiger charge is 2.47. The molecule has 0 aromatic carbocycles. The third-order valence-corrected chi connectivity index (χ3v) is 12.0. The number of hydrogen-bond donors (Lipinski definition) is 8. The zero-order chi connectivity index (χ0) is 37.3. The van der Waals surface area contributed by atoms with Crippen LogP contribution in [0.1, 0.15) is 44.4 Å². The molecule has 9 atom stereocenters. The van der Waals surface area contributed by atoms with Crippen molar-refractivity contribution in [2.24, 2.45) is 0 Å². The van der Waals surface area contributed by atoms with Gasteiger partial charge in [-0.2, -0.15) is 4.98 Å². The third-order valence-electron chi connectivity index (χ3n) is 7.88. The summed E-state index contributed by atoms with van der Waals surface area (Å²) in [7, 11) is 0. The lowest BCUT2D eigenvalue weighted by atomic mass is 10.2. The molecule has 0 amide bonds. The standard InChI is InChI=1S/C24H38N7O14P3S3/c1-3-4-5-39-47(37,50)44-13-6-17(30-8-12(2)21(32)29-24(30)34)42-16(13)10-41-48(38,51)45-14-7-18(43-15(14)9-40-46(35,36)49)31-11-26-19-20(31)27-23(25)28-22(19)33/h8,13-18,26H,3-7,9-11H2,1-2H3,(H,37,50)(H,38,51)(H,29,32,34)(H2,35,36,49)(H3,25,27,28,33)/t13-,14-,15-,16-,17-,18-,47?,48?/m1/s1. The molecule has 0 radical (unpaired) electrons. The number of nitrogen functional groups attached to an aromatic ring is 1. The molecule has 2 saturated heterocycles. The summed E-state index contributed by atoms with van der Waals surface area (Å²) in [6.07, 6.45) is -3.86. The number of nitrogens with one attached hydrogen (secondary N) is 3. The van der Waals surface area contributed by atoms with Gasteiger partial charge in [0.2, 0.25) is 5.95 Å². The van der Waals surface area contributed by atoms with E-state index in [1.165, 1.54) is 13.1 Å². The highest BCUT2D eigenvalue weighted by atomic mass is 32.7. The van der Waals surface area contributed by atoms with Crippen LogP contribution in [0.5, 0.6) is 0 Å². The fraction of sp³-hybridized carbons (Fsp3) is 0.667. The summed E-state index contributed by atoms with van der Waals surface area (Å²) in [5.74, 6) is 0.0218. The Balaban J connectivity index is 1.31. The number of nitrogens with zero attached hydrogens (tertiary/aromatic N) is 3. The molecular weight excluding hydrogens is 799 g/mol. The average Bonchev–Trinajstić information content (AvgIpc) is 3.73. The summed E-state index contributed by atoms with van der Waals surface area (Å²) in [6, 6.07) is 0. The van der Waals surface area contributed by atoms with Crippen LogP contribution in [0.2, 0.25) is 0 Å². The summed E-state index contributed by atoms with van der Waals surface area (Å²) < 4.78 is 79.0. The first-order valence-electron chi connectivity index (χ1n) is 15.4. The van der Waals surface area contributed by atoms with Crippen molar-refractivity contribution in [1.82, 2.24) is 19.5 Å².